The summed E-state index contributed by atoms with van der Waals surface area (Å²) in [6.07, 6.45) is 0.904. The van der Waals surface area contributed by atoms with Crippen LogP contribution in [-0.2, 0) is 0 Å². The summed E-state index contributed by atoms with van der Waals surface area (Å²) in [5, 5.41) is 0.389. The van der Waals surface area contributed by atoms with E-state index in [-0.39, 0.29) is 5.56 Å². The first-order valence-corrected chi connectivity index (χ1v) is 8.10. The molecule has 0 bridgehead atoms. The molecule has 2 aromatic rings. The Labute approximate surface area is 151 Å². The van der Waals surface area contributed by atoms with E-state index < -0.39 is 11.8 Å². The summed E-state index contributed by atoms with van der Waals surface area (Å²) in [5.74, 6) is 0.0617. The van der Waals surface area contributed by atoms with Crippen molar-refractivity contribution in [2.75, 3.05) is 13.7 Å². The fourth-order valence-electron chi connectivity index (χ4n) is 2.03. The van der Waals surface area contributed by atoms with Crippen molar-refractivity contribution in [3.8, 4) is 11.5 Å². The van der Waals surface area contributed by atoms with Crippen LogP contribution in [0.15, 0.2) is 42.5 Å². The fraction of sp³-hybridized carbons (Fsp3) is 0.222. The van der Waals surface area contributed by atoms with Crippen LogP contribution in [0.3, 0.4) is 0 Å². The Morgan fingerprint density at radius 3 is 2.36 bits per heavy atom. The van der Waals surface area contributed by atoms with Crippen LogP contribution >= 0.6 is 11.6 Å². The minimum Gasteiger partial charge on any atom is -0.496 e. The van der Waals surface area contributed by atoms with Gasteiger partial charge in [-0.05, 0) is 48.9 Å². The smallest absolute Gasteiger partial charge is 0.273 e. The molecule has 0 aliphatic heterocycles. The van der Waals surface area contributed by atoms with Crippen LogP contribution in [-0.4, -0.2) is 25.5 Å². The van der Waals surface area contributed by atoms with E-state index in [1.807, 2.05) is 6.92 Å². The number of rotatable bonds is 6. The minimum absolute atomic E-state index is 0.221. The molecule has 0 heterocycles. The second-order valence-corrected chi connectivity index (χ2v) is 5.56. The van der Waals surface area contributed by atoms with Crippen molar-refractivity contribution < 1.29 is 19.1 Å². The molecule has 2 amide bonds. The Morgan fingerprint density at radius 1 is 1.04 bits per heavy atom. The van der Waals surface area contributed by atoms with E-state index in [1.165, 1.54) is 13.2 Å². The molecule has 2 aromatic carbocycles. The molecule has 0 unspecified atom stereocenters. The normalized spacial score (nSPS) is 10.0. The second kappa shape index (κ2) is 8.94. The number of halogens is 1. The van der Waals surface area contributed by atoms with Crippen molar-refractivity contribution in [2.45, 2.75) is 13.3 Å². The van der Waals surface area contributed by atoms with Crippen LogP contribution in [0.1, 0.15) is 34.1 Å². The number of carbonyl (C=O) groups excluding carboxylic acids is 2. The van der Waals surface area contributed by atoms with E-state index >= 15 is 0 Å². The van der Waals surface area contributed by atoms with Crippen LogP contribution in [0.5, 0.6) is 11.5 Å². The number of hydrogen-bond donors (Lipinski definition) is 2. The van der Waals surface area contributed by atoms with Gasteiger partial charge in [-0.25, -0.2) is 0 Å². The zero-order valence-electron chi connectivity index (χ0n) is 14.0. The molecule has 7 heteroatoms. The summed E-state index contributed by atoms with van der Waals surface area (Å²) in [6, 6.07) is 11.3. The van der Waals surface area contributed by atoms with E-state index in [1.54, 1.807) is 36.4 Å². The third-order valence-corrected chi connectivity index (χ3v) is 3.52. The third kappa shape index (κ3) is 5.12. The van der Waals surface area contributed by atoms with Gasteiger partial charge in [0.2, 0.25) is 0 Å². The molecule has 2 rings (SSSR count). The fourth-order valence-corrected chi connectivity index (χ4v) is 2.21. The maximum atomic E-state index is 12.2. The number of methoxy groups -OCH3 is 1. The number of hydrogen-bond acceptors (Lipinski definition) is 4. The highest BCUT2D eigenvalue weighted by Crippen LogP contribution is 2.22. The topological polar surface area (TPSA) is 76.7 Å². The lowest BCUT2D eigenvalue weighted by molar-refractivity contribution is 0.0845. The number of benzene rings is 2. The highest BCUT2D eigenvalue weighted by molar-refractivity contribution is 6.31. The molecule has 0 saturated carbocycles. The molecule has 0 spiro atoms. The van der Waals surface area contributed by atoms with Gasteiger partial charge >= 0.3 is 0 Å². The predicted molar refractivity (Wildman–Crippen MR) is 95.2 cm³/mol. The van der Waals surface area contributed by atoms with Gasteiger partial charge in [0.1, 0.15) is 11.5 Å². The molecule has 25 heavy (non-hydrogen) atoms. The monoisotopic (exact) mass is 362 g/mol. The highest BCUT2D eigenvalue weighted by atomic mass is 35.5. The standard InChI is InChI=1S/C18H19ClN2O4/c1-3-10-25-14-7-4-12(5-8-14)17(22)20-21-18(23)15-11-13(19)6-9-16(15)24-2/h4-9,11H,3,10H2,1-2H3,(H,20,22)(H,21,23). The molecular weight excluding hydrogens is 344 g/mol. The predicted octanol–water partition coefficient (Wildman–Crippen LogP) is 3.21. The zero-order valence-corrected chi connectivity index (χ0v) is 14.7. The van der Waals surface area contributed by atoms with Gasteiger partial charge in [-0.1, -0.05) is 18.5 Å². The van der Waals surface area contributed by atoms with Gasteiger partial charge in [-0.2, -0.15) is 0 Å². The maximum Gasteiger partial charge on any atom is 0.273 e. The number of ether oxygens (including phenoxy) is 2. The van der Waals surface area contributed by atoms with Crippen molar-refractivity contribution in [3.05, 3.63) is 58.6 Å². The maximum absolute atomic E-state index is 12.2. The molecule has 6 nitrogen and oxygen atoms in total. The summed E-state index contributed by atoms with van der Waals surface area (Å²) in [4.78, 5) is 24.3. The van der Waals surface area contributed by atoms with E-state index in [0.29, 0.717) is 28.7 Å². The zero-order chi connectivity index (χ0) is 18.2. The molecule has 132 valence electrons. The van der Waals surface area contributed by atoms with Gasteiger partial charge < -0.3 is 9.47 Å². The summed E-state index contributed by atoms with van der Waals surface area (Å²) in [5.41, 5.74) is 5.30. The summed E-state index contributed by atoms with van der Waals surface area (Å²) in [6.45, 7) is 2.63. The minimum atomic E-state index is -0.532. The van der Waals surface area contributed by atoms with Crippen molar-refractivity contribution in [1.82, 2.24) is 10.9 Å². The Morgan fingerprint density at radius 2 is 1.72 bits per heavy atom. The molecule has 0 atom stereocenters. The number of amides is 2. The van der Waals surface area contributed by atoms with Gasteiger partial charge in [0.25, 0.3) is 11.8 Å². The quantitative estimate of drug-likeness (QED) is 0.773. The van der Waals surface area contributed by atoms with Gasteiger partial charge in [0.15, 0.2) is 0 Å². The third-order valence-electron chi connectivity index (χ3n) is 3.29. The van der Waals surface area contributed by atoms with Crippen molar-refractivity contribution in [1.29, 1.82) is 0 Å². The van der Waals surface area contributed by atoms with Crippen LogP contribution in [0.25, 0.3) is 0 Å². The van der Waals surface area contributed by atoms with Gasteiger partial charge in [0, 0.05) is 10.6 Å². The van der Waals surface area contributed by atoms with Crippen LogP contribution < -0.4 is 20.3 Å². The lowest BCUT2D eigenvalue weighted by atomic mass is 10.2. The SMILES string of the molecule is CCCOc1ccc(C(=O)NNC(=O)c2cc(Cl)ccc2OC)cc1. The van der Waals surface area contributed by atoms with Crippen molar-refractivity contribution in [3.63, 3.8) is 0 Å². The first-order valence-electron chi connectivity index (χ1n) is 7.72. The molecule has 0 aliphatic carbocycles. The van der Waals surface area contributed by atoms with Gasteiger partial charge in [-0.3, -0.25) is 20.4 Å². The number of carbonyl (C=O) groups is 2. The average Bonchev–Trinajstić information content (AvgIpc) is 2.64. The second-order valence-electron chi connectivity index (χ2n) is 5.13. The summed E-state index contributed by atoms with van der Waals surface area (Å²) < 4.78 is 10.6. The molecule has 0 fully saturated rings. The van der Waals surface area contributed by atoms with Crippen LogP contribution in [0.2, 0.25) is 5.02 Å². The first kappa shape index (κ1) is 18.6. The summed E-state index contributed by atoms with van der Waals surface area (Å²) in [7, 11) is 1.45. The highest BCUT2D eigenvalue weighted by Gasteiger charge is 2.14. The van der Waals surface area contributed by atoms with Crippen LogP contribution in [0.4, 0.5) is 0 Å². The molecule has 2 N–H and O–H groups in total. The van der Waals surface area contributed by atoms with Crippen LogP contribution in [0, 0.1) is 0 Å². The first-order chi connectivity index (χ1) is 12.0. The summed E-state index contributed by atoms with van der Waals surface area (Å²) >= 11 is 5.89. The Kier molecular flexibility index (Phi) is 6.65. The Hall–Kier alpha value is -2.73. The molecule has 0 radical (unpaired) electrons. The Balaban J connectivity index is 1.97. The average molecular weight is 363 g/mol. The lowest BCUT2D eigenvalue weighted by Gasteiger charge is -2.11. The molecule has 0 saturated heterocycles. The molecule has 0 aliphatic rings. The van der Waals surface area contributed by atoms with E-state index in [4.69, 9.17) is 21.1 Å². The van der Waals surface area contributed by atoms with E-state index in [9.17, 15) is 9.59 Å². The van der Waals surface area contributed by atoms with E-state index in [0.717, 1.165) is 6.42 Å². The Bertz CT molecular complexity index is 747. The van der Waals surface area contributed by atoms with Crippen molar-refractivity contribution >= 4 is 23.4 Å². The lowest BCUT2D eigenvalue weighted by Crippen LogP contribution is -2.41. The van der Waals surface area contributed by atoms with E-state index in [2.05, 4.69) is 10.9 Å². The number of hydrazine groups is 1. The van der Waals surface area contributed by atoms with Crippen molar-refractivity contribution in [2.24, 2.45) is 0 Å². The van der Waals surface area contributed by atoms with Gasteiger partial charge in [0.05, 0.1) is 19.3 Å². The molecular formula is C18H19ClN2O4. The van der Waals surface area contributed by atoms with Gasteiger partial charge in [-0.15, -0.1) is 0 Å². The number of nitrogens with one attached hydrogen (secondary N) is 2. The largest absolute Gasteiger partial charge is 0.496 e. The molecule has 0 aromatic heterocycles.